The van der Waals surface area contributed by atoms with E-state index in [-0.39, 0.29) is 58.9 Å². The van der Waals surface area contributed by atoms with Crippen molar-refractivity contribution in [1.29, 1.82) is 0 Å². The Bertz CT molecular complexity index is 559. The van der Waals surface area contributed by atoms with Gasteiger partial charge in [-0.2, -0.15) is 0 Å². The molecule has 264 valence electrons. The van der Waals surface area contributed by atoms with Crippen LogP contribution < -0.4 is 10.2 Å². The Morgan fingerprint density at radius 2 is 0.413 bits per heavy atom. The number of aliphatic carboxylic acids is 2. The van der Waals surface area contributed by atoms with Gasteiger partial charge in [0.1, 0.15) is 0 Å². The van der Waals surface area contributed by atoms with Crippen LogP contribution in [-0.2, 0) is 9.59 Å². The van der Waals surface area contributed by atoms with Gasteiger partial charge in [0.15, 0.2) is 0 Å². The van der Waals surface area contributed by atoms with E-state index in [4.69, 9.17) is 0 Å². The molecule has 0 aliphatic rings. The van der Waals surface area contributed by atoms with Crippen molar-refractivity contribution in [3.8, 4) is 0 Å². The summed E-state index contributed by atoms with van der Waals surface area (Å²) < 4.78 is 0. The SMILES string of the molecule is CCCCCCCCCCCCCCCCCC(=O)[O-].CCCCCCCCCCCCCCCCCCCCCC(=O)[O-].[Mg+2].[Mg+2]. The summed E-state index contributed by atoms with van der Waals surface area (Å²) in [4.78, 5) is 20.5. The first-order chi connectivity index (χ1) is 21.5. The summed E-state index contributed by atoms with van der Waals surface area (Å²) in [5.41, 5.74) is 0. The molecule has 0 N–H and O–H groups in total. The van der Waals surface area contributed by atoms with Crippen LogP contribution in [0.5, 0.6) is 0 Å². The third kappa shape index (κ3) is 56.8. The van der Waals surface area contributed by atoms with E-state index < -0.39 is 11.9 Å². The zero-order valence-corrected chi connectivity index (χ0v) is 34.3. The fraction of sp³-hybridized carbons (Fsp3) is 0.950. The molecule has 0 aliphatic heterocycles. The van der Waals surface area contributed by atoms with E-state index in [0.29, 0.717) is 0 Å². The molecule has 0 spiro atoms. The molecule has 0 rings (SSSR count). The van der Waals surface area contributed by atoms with Crippen LogP contribution in [-0.4, -0.2) is 58.0 Å². The minimum absolute atomic E-state index is 0. The van der Waals surface area contributed by atoms with Crippen LogP contribution in [0, 0.1) is 0 Å². The molecular weight excluding hydrogens is 593 g/mol. The summed E-state index contributed by atoms with van der Waals surface area (Å²) in [6.45, 7) is 4.55. The molecule has 0 radical (unpaired) electrons. The molecule has 0 unspecified atom stereocenters. The Morgan fingerprint density at radius 3 is 0.543 bits per heavy atom. The molecule has 0 aliphatic carbocycles. The minimum atomic E-state index is -0.903. The monoisotopic (exact) mass is 671 g/mol. The van der Waals surface area contributed by atoms with Crippen LogP contribution in [0.3, 0.4) is 0 Å². The van der Waals surface area contributed by atoms with Gasteiger partial charge in [-0.1, -0.05) is 219 Å². The van der Waals surface area contributed by atoms with Gasteiger partial charge in [0.2, 0.25) is 0 Å². The largest absolute Gasteiger partial charge is 2.00 e. The smallest absolute Gasteiger partial charge is 0.550 e. The van der Waals surface area contributed by atoms with Crippen molar-refractivity contribution in [2.45, 2.75) is 245 Å². The van der Waals surface area contributed by atoms with Crippen molar-refractivity contribution >= 4 is 58.0 Å². The summed E-state index contributed by atoms with van der Waals surface area (Å²) in [5, 5.41) is 20.5. The average Bonchev–Trinajstić information content (AvgIpc) is 3.00. The van der Waals surface area contributed by atoms with Crippen molar-refractivity contribution in [2.24, 2.45) is 0 Å². The summed E-state index contributed by atoms with van der Waals surface area (Å²) in [7, 11) is 0. The average molecular weight is 672 g/mol. The van der Waals surface area contributed by atoms with Crippen LogP contribution in [0.2, 0.25) is 0 Å². The maximum atomic E-state index is 10.3. The first kappa shape index (κ1) is 53.3. The number of carboxylic acid groups (broad SMARTS) is 2. The van der Waals surface area contributed by atoms with Gasteiger partial charge in [-0.25, -0.2) is 0 Å². The third-order valence-electron chi connectivity index (χ3n) is 8.97. The van der Waals surface area contributed by atoms with Gasteiger partial charge in [-0.15, -0.1) is 0 Å². The number of carbonyl (C=O) groups is 2. The first-order valence-corrected chi connectivity index (χ1v) is 19.9. The maximum absolute atomic E-state index is 10.3. The molecule has 0 aromatic heterocycles. The number of carbonyl (C=O) groups excluding carboxylic acids is 2. The van der Waals surface area contributed by atoms with Gasteiger partial charge in [-0.05, 0) is 25.7 Å². The van der Waals surface area contributed by atoms with Crippen molar-refractivity contribution in [2.75, 3.05) is 0 Å². The van der Waals surface area contributed by atoms with E-state index in [1.807, 2.05) is 0 Å². The van der Waals surface area contributed by atoms with Gasteiger partial charge < -0.3 is 19.8 Å². The van der Waals surface area contributed by atoms with E-state index in [1.54, 1.807) is 0 Å². The van der Waals surface area contributed by atoms with Crippen molar-refractivity contribution in [3.63, 3.8) is 0 Å². The second-order valence-corrected chi connectivity index (χ2v) is 13.6. The molecule has 0 heterocycles. The molecule has 0 saturated heterocycles. The fourth-order valence-electron chi connectivity index (χ4n) is 5.99. The summed E-state index contributed by atoms with van der Waals surface area (Å²) in [5.74, 6) is -1.80. The third-order valence-corrected chi connectivity index (χ3v) is 8.97. The summed E-state index contributed by atoms with van der Waals surface area (Å²) in [6.07, 6.45) is 45.6. The van der Waals surface area contributed by atoms with Crippen LogP contribution in [0.25, 0.3) is 0 Å². The molecule has 0 aromatic carbocycles. The Kier molecular flexibility index (Phi) is 57.7. The number of hydrogen-bond donors (Lipinski definition) is 0. The molecule has 0 amide bonds. The normalized spacial score (nSPS) is 10.5. The molecule has 6 heteroatoms. The summed E-state index contributed by atoms with van der Waals surface area (Å²) in [6, 6.07) is 0. The molecule has 0 atom stereocenters. The summed E-state index contributed by atoms with van der Waals surface area (Å²) >= 11 is 0. The predicted octanol–water partition coefficient (Wildman–Crippen LogP) is 10.8. The van der Waals surface area contributed by atoms with Crippen LogP contribution in [0.1, 0.15) is 245 Å². The predicted molar refractivity (Wildman–Crippen MR) is 199 cm³/mol. The second-order valence-electron chi connectivity index (χ2n) is 13.6. The van der Waals surface area contributed by atoms with Crippen LogP contribution in [0.15, 0.2) is 0 Å². The quantitative estimate of drug-likeness (QED) is 0.0490. The molecule has 0 bridgehead atoms. The molecule has 4 nitrogen and oxygen atoms in total. The van der Waals surface area contributed by atoms with E-state index >= 15 is 0 Å². The first-order valence-electron chi connectivity index (χ1n) is 19.9. The Balaban J connectivity index is -0.000000373. The van der Waals surface area contributed by atoms with E-state index in [9.17, 15) is 19.8 Å². The van der Waals surface area contributed by atoms with Crippen molar-refractivity contribution in [3.05, 3.63) is 0 Å². The van der Waals surface area contributed by atoms with Gasteiger partial charge in [0.05, 0.1) is 0 Å². The van der Waals surface area contributed by atoms with Gasteiger partial charge >= 0.3 is 46.1 Å². The zero-order valence-electron chi connectivity index (χ0n) is 31.5. The van der Waals surface area contributed by atoms with E-state index in [0.717, 1.165) is 25.7 Å². The Labute approximate surface area is 320 Å². The topological polar surface area (TPSA) is 80.3 Å². The molecule has 46 heavy (non-hydrogen) atoms. The number of carboxylic acids is 2. The minimum Gasteiger partial charge on any atom is -0.550 e. The molecule has 0 fully saturated rings. The molecular formula is C40H78Mg2O4+2. The van der Waals surface area contributed by atoms with Crippen LogP contribution in [0.4, 0.5) is 0 Å². The number of rotatable bonds is 36. The van der Waals surface area contributed by atoms with Crippen molar-refractivity contribution in [1.82, 2.24) is 0 Å². The van der Waals surface area contributed by atoms with E-state index in [2.05, 4.69) is 13.8 Å². The Morgan fingerprint density at radius 1 is 0.283 bits per heavy atom. The fourth-order valence-corrected chi connectivity index (χ4v) is 5.99. The van der Waals surface area contributed by atoms with Gasteiger partial charge in [-0.3, -0.25) is 0 Å². The van der Waals surface area contributed by atoms with E-state index in [1.165, 1.54) is 193 Å². The van der Waals surface area contributed by atoms with Gasteiger partial charge in [0.25, 0.3) is 0 Å². The van der Waals surface area contributed by atoms with Crippen molar-refractivity contribution < 1.29 is 19.8 Å². The van der Waals surface area contributed by atoms with Crippen LogP contribution >= 0.6 is 0 Å². The molecule has 0 aromatic rings. The number of unbranched alkanes of at least 4 members (excludes halogenated alkanes) is 32. The zero-order chi connectivity index (χ0) is 32.6. The second kappa shape index (κ2) is 49.9. The maximum Gasteiger partial charge on any atom is 2.00 e. The Hall–Kier alpha value is 0.472. The van der Waals surface area contributed by atoms with Gasteiger partial charge in [0, 0.05) is 11.9 Å². The molecule has 0 saturated carbocycles. The standard InChI is InChI=1S/C22H44O2.C18H36O2.2Mg/c1-2-3-4-5-6-7-8-9-10-11-12-13-14-15-16-17-18-19-20-21-22(23)24;1-2-3-4-5-6-7-8-9-10-11-12-13-14-15-16-17-18(19)20;;/h2-21H2,1H3,(H,23,24);2-17H2,1H3,(H,19,20);;/q;;2*+2/p-2. The number of hydrogen-bond acceptors (Lipinski definition) is 4.